The molecule has 5 N–H and O–H groups in total. The molecule has 0 radical (unpaired) electrons. The molecule has 2 amide bonds. The molecule has 3 aromatic rings. The highest BCUT2D eigenvalue weighted by atomic mass is 16.5. The van der Waals surface area contributed by atoms with Gasteiger partial charge in [0.1, 0.15) is 5.82 Å². The van der Waals surface area contributed by atoms with Crippen molar-refractivity contribution in [2.24, 2.45) is 0 Å². The maximum Gasteiger partial charge on any atom is 0.412 e. The Bertz CT molecular complexity index is 1490. The van der Waals surface area contributed by atoms with Crippen molar-refractivity contribution in [1.29, 1.82) is 10.7 Å². The number of rotatable bonds is 8. The van der Waals surface area contributed by atoms with Crippen molar-refractivity contribution in [3.05, 3.63) is 88.9 Å². The zero-order valence-electron chi connectivity index (χ0n) is 21.5. The molecule has 0 unspecified atom stereocenters. The quantitative estimate of drug-likeness (QED) is 0.339. The average molecular weight is 511 g/mol. The number of hydrogen-bond donors (Lipinski definition) is 4. The van der Waals surface area contributed by atoms with Crippen LogP contribution in [0.4, 0.5) is 16.3 Å². The molecular weight excluding hydrogens is 482 g/mol. The number of carbonyl (C=O) groups is 2. The lowest BCUT2D eigenvalue weighted by Gasteiger charge is -2.15. The van der Waals surface area contributed by atoms with Gasteiger partial charge in [0.2, 0.25) is 5.71 Å². The molecule has 0 saturated heterocycles. The Morgan fingerprint density at radius 1 is 1.08 bits per heavy atom. The van der Waals surface area contributed by atoms with Gasteiger partial charge in [-0.1, -0.05) is 6.07 Å². The number of aryl methyl sites for hydroxylation is 1. The van der Waals surface area contributed by atoms with Gasteiger partial charge < -0.3 is 15.5 Å². The molecule has 2 heterocycles. The Morgan fingerprint density at radius 3 is 2.47 bits per heavy atom. The predicted octanol–water partition coefficient (Wildman–Crippen LogP) is 3.30. The molecule has 192 valence electrons. The van der Waals surface area contributed by atoms with Crippen LogP contribution in [0.25, 0.3) is 5.57 Å². The van der Waals surface area contributed by atoms with E-state index in [1.807, 2.05) is 13.0 Å². The topological polar surface area (TPSA) is 166 Å². The molecule has 0 aliphatic rings. The van der Waals surface area contributed by atoms with Crippen molar-refractivity contribution < 1.29 is 19.7 Å². The normalized spacial score (nSPS) is 11.2. The fraction of sp³-hybridized carbons (Fsp3) is 0.179. The number of allylic oxidation sites excluding steroid dienone is 2. The number of methoxy groups -OCH3 is 1. The highest BCUT2D eigenvalue weighted by molar-refractivity contribution is 6.20. The standard InChI is InChI=1S/C28H27N7O3/c1-17-5-6-21(34-26(36)19-8-9-32-24(12-19)28(2,3)16-30)14-22(17)23(31)11-20(15-29)18-7-10-33-25(13-18)35-27(37)38-4/h5-15,29,31H,1-4H3,(H,34,36)(H,33,35,37)/p+1/b20-11+,29-15?,31-23?. The molecule has 1 aromatic carbocycles. The molecule has 3 rings (SSSR count). The number of nitrogens with one attached hydrogen (secondary N) is 3. The molecular formula is C28H28N7O3+. The molecule has 38 heavy (non-hydrogen) atoms. The van der Waals surface area contributed by atoms with Crippen molar-refractivity contribution >= 4 is 41.0 Å². The molecule has 0 fully saturated rings. The minimum absolute atomic E-state index is 0.263. The van der Waals surface area contributed by atoms with E-state index in [1.165, 1.54) is 19.5 Å². The van der Waals surface area contributed by atoms with E-state index in [9.17, 15) is 14.9 Å². The number of carbonyl (C=O) groups excluding carboxylic acids is 2. The van der Waals surface area contributed by atoms with Crippen molar-refractivity contribution in [1.82, 2.24) is 9.97 Å². The Balaban J connectivity index is 1.86. The Hall–Kier alpha value is -5.17. The van der Waals surface area contributed by atoms with Crippen LogP contribution in [0.2, 0.25) is 0 Å². The van der Waals surface area contributed by atoms with Crippen molar-refractivity contribution in [3.8, 4) is 6.07 Å². The highest BCUT2D eigenvalue weighted by Crippen LogP contribution is 2.22. The summed E-state index contributed by atoms with van der Waals surface area (Å²) < 4.78 is 4.59. The number of ether oxygens (including phenoxy) is 1. The minimum atomic E-state index is -0.833. The average Bonchev–Trinajstić information content (AvgIpc) is 2.92. The first-order chi connectivity index (χ1) is 18.1. The van der Waals surface area contributed by atoms with E-state index in [-0.39, 0.29) is 11.7 Å². The molecule has 0 atom stereocenters. The third-order valence-corrected chi connectivity index (χ3v) is 5.72. The zero-order chi connectivity index (χ0) is 27.9. The van der Waals surface area contributed by atoms with Crippen LogP contribution in [0.1, 0.15) is 46.6 Å². The lowest BCUT2D eigenvalue weighted by molar-refractivity contribution is -0.111. The third kappa shape index (κ3) is 6.53. The summed E-state index contributed by atoms with van der Waals surface area (Å²) >= 11 is 0. The largest absolute Gasteiger partial charge is 0.453 e. The number of nitrogens with zero attached hydrogens (tertiary/aromatic N) is 3. The molecule has 0 spiro atoms. The van der Waals surface area contributed by atoms with Crippen LogP contribution in [0.3, 0.4) is 0 Å². The summed E-state index contributed by atoms with van der Waals surface area (Å²) in [6.07, 6.45) is 5.13. The second kappa shape index (κ2) is 11.7. The zero-order valence-corrected chi connectivity index (χ0v) is 21.5. The van der Waals surface area contributed by atoms with E-state index in [2.05, 4.69) is 31.4 Å². The smallest absolute Gasteiger partial charge is 0.412 e. The molecule has 0 aliphatic carbocycles. The molecule has 2 aromatic heterocycles. The fourth-order valence-corrected chi connectivity index (χ4v) is 3.47. The molecule has 0 bridgehead atoms. The van der Waals surface area contributed by atoms with Gasteiger partial charge in [-0.2, -0.15) is 5.26 Å². The van der Waals surface area contributed by atoms with Gasteiger partial charge in [0.15, 0.2) is 0 Å². The maximum atomic E-state index is 12.9. The Labute approximate surface area is 220 Å². The van der Waals surface area contributed by atoms with E-state index in [1.54, 1.807) is 56.3 Å². The molecule has 0 saturated carbocycles. The minimum Gasteiger partial charge on any atom is -0.453 e. The number of pyridine rings is 2. The van der Waals surface area contributed by atoms with E-state index < -0.39 is 11.5 Å². The Kier molecular flexibility index (Phi) is 8.45. The summed E-state index contributed by atoms with van der Waals surface area (Å²) in [7, 11) is 1.25. The highest BCUT2D eigenvalue weighted by Gasteiger charge is 2.23. The summed E-state index contributed by atoms with van der Waals surface area (Å²) in [5, 5.41) is 29.0. The van der Waals surface area contributed by atoms with Crippen LogP contribution in [0.5, 0.6) is 0 Å². The van der Waals surface area contributed by atoms with Crippen LogP contribution in [0.15, 0.2) is 60.9 Å². The van der Waals surface area contributed by atoms with Gasteiger partial charge in [-0.05, 0) is 68.3 Å². The van der Waals surface area contributed by atoms with E-state index in [4.69, 9.17) is 10.8 Å². The van der Waals surface area contributed by atoms with Gasteiger partial charge in [-0.25, -0.2) is 9.78 Å². The monoisotopic (exact) mass is 510 g/mol. The van der Waals surface area contributed by atoms with Crippen molar-refractivity contribution in [2.45, 2.75) is 26.2 Å². The van der Waals surface area contributed by atoms with Gasteiger partial charge in [-0.15, -0.1) is 0 Å². The van der Waals surface area contributed by atoms with Gasteiger partial charge in [0, 0.05) is 41.5 Å². The summed E-state index contributed by atoms with van der Waals surface area (Å²) in [6.45, 7) is 5.36. The van der Waals surface area contributed by atoms with Gasteiger partial charge in [0.05, 0.1) is 29.9 Å². The number of anilines is 2. The first kappa shape index (κ1) is 27.4. The lowest BCUT2D eigenvalue weighted by Crippen LogP contribution is -2.39. The fourth-order valence-electron chi connectivity index (χ4n) is 3.47. The summed E-state index contributed by atoms with van der Waals surface area (Å²) in [5.74, 6) is -0.0899. The predicted molar refractivity (Wildman–Crippen MR) is 145 cm³/mol. The maximum absolute atomic E-state index is 12.9. The summed E-state index contributed by atoms with van der Waals surface area (Å²) in [4.78, 5) is 32.7. The number of hydrogen-bond acceptors (Lipinski definition) is 7. The van der Waals surface area contributed by atoms with Crippen molar-refractivity contribution in [2.75, 3.05) is 17.7 Å². The number of aromatic nitrogens is 2. The molecule has 0 aliphatic heterocycles. The van der Waals surface area contributed by atoms with E-state index in [0.29, 0.717) is 39.4 Å². The number of amides is 2. The van der Waals surface area contributed by atoms with Gasteiger partial charge >= 0.3 is 6.09 Å². The van der Waals surface area contributed by atoms with E-state index >= 15 is 0 Å². The molecule has 10 heteroatoms. The number of benzene rings is 1. The second-order valence-electron chi connectivity index (χ2n) is 8.90. The summed E-state index contributed by atoms with van der Waals surface area (Å²) in [5.41, 5.74) is 3.57. The van der Waals surface area contributed by atoms with Crippen molar-refractivity contribution in [3.63, 3.8) is 0 Å². The first-order valence-electron chi connectivity index (χ1n) is 11.5. The number of nitriles is 1. The number of nitrogens with two attached hydrogens (primary N) is 1. The van der Waals surface area contributed by atoms with Gasteiger partial charge in [-0.3, -0.25) is 20.5 Å². The molecule has 10 nitrogen and oxygen atoms in total. The van der Waals surface area contributed by atoms with Crippen LogP contribution in [0, 0.1) is 23.7 Å². The SMILES string of the molecule is COC(=O)Nc1cc(/C(C=N)=C/C(=[NH2+])c2cc(NC(=O)c3ccnc(C(C)(C)C#N)c3)ccc2C)ccn1. The van der Waals surface area contributed by atoms with Crippen LogP contribution < -0.4 is 16.0 Å². The second-order valence-corrected chi connectivity index (χ2v) is 8.90. The first-order valence-corrected chi connectivity index (χ1v) is 11.5. The van der Waals surface area contributed by atoms with Crippen LogP contribution in [-0.4, -0.2) is 41.0 Å². The summed E-state index contributed by atoms with van der Waals surface area (Å²) in [6, 6.07) is 14.0. The third-order valence-electron chi connectivity index (χ3n) is 5.72. The van der Waals surface area contributed by atoms with Crippen LogP contribution in [-0.2, 0) is 10.2 Å². The Morgan fingerprint density at radius 2 is 1.79 bits per heavy atom. The van der Waals surface area contributed by atoms with Gasteiger partial charge in [0.25, 0.3) is 5.91 Å². The lowest BCUT2D eigenvalue weighted by atomic mass is 9.90. The van der Waals surface area contributed by atoms with E-state index in [0.717, 1.165) is 11.8 Å². The van der Waals surface area contributed by atoms with Crippen LogP contribution >= 0.6 is 0 Å².